The SMILES string of the molecule is COC(=O)C1CN(S(=O)(=O)c2cc(C)ccc2C)CC1C. The van der Waals surface area contributed by atoms with Crippen molar-refractivity contribution >= 4 is 16.0 Å². The number of sulfonamides is 1. The third-order valence-electron chi connectivity index (χ3n) is 4.04. The van der Waals surface area contributed by atoms with E-state index in [0.29, 0.717) is 11.4 Å². The zero-order chi connectivity index (χ0) is 15.8. The van der Waals surface area contributed by atoms with E-state index in [1.807, 2.05) is 19.9 Å². The molecule has 1 aliphatic heterocycles. The molecule has 0 N–H and O–H groups in total. The highest BCUT2D eigenvalue weighted by Crippen LogP contribution is 2.30. The van der Waals surface area contributed by atoms with Gasteiger partial charge in [-0.3, -0.25) is 4.79 Å². The van der Waals surface area contributed by atoms with Crippen LogP contribution < -0.4 is 0 Å². The summed E-state index contributed by atoms with van der Waals surface area (Å²) in [7, 11) is -2.24. The maximum absolute atomic E-state index is 12.8. The van der Waals surface area contributed by atoms with Gasteiger partial charge in [-0.15, -0.1) is 0 Å². The molecule has 0 saturated carbocycles. The van der Waals surface area contributed by atoms with Crippen LogP contribution in [-0.2, 0) is 19.6 Å². The quantitative estimate of drug-likeness (QED) is 0.798. The summed E-state index contributed by atoms with van der Waals surface area (Å²) in [6.07, 6.45) is 0. The number of hydrogen-bond acceptors (Lipinski definition) is 4. The van der Waals surface area contributed by atoms with Gasteiger partial charge in [0.05, 0.1) is 17.9 Å². The van der Waals surface area contributed by atoms with Crippen LogP contribution >= 0.6 is 0 Å². The normalized spacial score (nSPS) is 23.2. The molecule has 6 heteroatoms. The molecule has 2 rings (SSSR count). The Morgan fingerprint density at radius 1 is 1.29 bits per heavy atom. The molecular weight excluding hydrogens is 290 g/mol. The third kappa shape index (κ3) is 2.96. The van der Waals surface area contributed by atoms with Crippen molar-refractivity contribution in [1.29, 1.82) is 0 Å². The summed E-state index contributed by atoms with van der Waals surface area (Å²) in [4.78, 5) is 12.0. The third-order valence-corrected chi connectivity index (χ3v) is 6.02. The Balaban J connectivity index is 2.33. The summed E-state index contributed by atoms with van der Waals surface area (Å²) < 4.78 is 31.7. The second-order valence-electron chi connectivity index (χ2n) is 5.70. The van der Waals surface area contributed by atoms with Crippen molar-refractivity contribution in [2.24, 2.45) is 11.8 Å². The first kappa shape index (κ1) is 16.0. The van der Waals surface area contributed by atoms with Crippen LogP contribution in [0.5, 0.6) is 0 Å². The zero-order valence-electron chi connectivity index (χ0n) is 12.8. The van der Waals surface area contributed by atoms with Crippen molar-refractivity contribution in [1.82, 2.24) is 4.31 Å². The van der Waals surface area contributed by atoms with Gasteiger partial charge >= 0.3 is 5.97 Å². The number of carbonyl (C=O) groups is 1. The van der Waals surface area contributed by atoms with Gasteiger partial charge in [-0.25, -0.2) is 8.42 Å². The van der Waals surface area contributed by atoms with E-state index in [2.05, 4.69) is 0 Å². The van der Waals surface area contributed by atoms with Crippen molar-refractivity contribution in [3.63, 3.8) is 0 Å². The van der Waals surface area contributed by atoms with Gasteiger partial charge in [0, 0.05) is 13.1 Å². The summed E-state index contributed by atoms with van der Waals surface area (Å²) in [5.74, 6) is -0.784. The van der Waals surface area contributed by atoms with Crippen LogP contribution in [0.15, 0.2) is 23.1 Å². The molecule has 1 aromatic rings. The van der Waals surface area contributed by atoms with Gasteiger partial charge in [-0.05, 0) is 37.0 Å². The van der Waals surface area contributed by atoms with Crippen LogP contribution in [0.2, 0.25) is 0 Å². The second-order valence-corrected chi connectivity index (χ2v) is 7.60. The fourth-order valence-electron chi connectivity index (χ4n) is 2.70. The fourth-order valence-corrected chi connectivity index (χ4v) is 4.58. The Hall–Kier alpha value is -1.40. The molecule has 0 amide bonds. The Morgan fingerprint density at radius 3 is 2.57 bits per heavy atom. The number of esters is 1. The lowest BCUT2D eigenvalue weighted by Gasteiger charge is -2.18. The summed E-state index contributed by atoms with van der Waals surface area (Å²) in [5, 5.41) is 0. The molecule has 21 heavy (non-hydrogen) atoms. The maximum Gasteiger partial charge on any atom is 0.310 e. The molecule has 1 fully saturated rings. The highest BCUT2D eigenvalue weighted by atomic mass is 32.2. The smallest absolute Gasteiger partial charge is 0.310 e. The van der Waals surface area contributed by atoms with E-state index >= 15 is 0 Å². The summed E-state index contributed by atoms with van der Waals surface area (Å²) in [5.41, 5.74) is 1.62. The van der Waals surface area contributed by atoms with E-state index < -0.39 is 15.9 Å². The summed E-state index contributed by atoms with van der Waals surface area (Å²) >= 11 is 0. The standard InChI is InChI=1S/C15H21NO4S/c1-10-5-6-11(2)14(7-10)21(18,19)16-8-12(3)13(9-16)15(17)20-4/h5-7,12-13H,8-9H2,1-4H3. The highest BCUT2D eigenvalue weighted by molar-refractivity contribution is 7.89. The molecule has 2 unspecified atom stereocenters. The maximum atomic E-state index is 12.8. The van der Waals surface area contributed by atoms with E-state index in [1.165, 1.54) is 11.4 Å². The van der Waals surface area contributed by atoms with Gasteiger partial charge in [0.2, 0.25) is 10.0 Å². The van der Waals surface area contributed by atoms with Gasteiger partial charge in [0.1, 0.15) is 0 Å². The predicted molar refractivity (Wildman–Crippen MR) is 79.3 cm³/mol. The van der Waals surface area contributed by atoms with Gasteiger partial charge < -0.3 is 4.74 Å². The lowest BCUT2D eigenvalue weighted by molar-refractivity contribution is -0.145. The Labute approximate surface area is 126 Å². The number of aryl methyl sites for hydroxylation is 2. The minimum Gasteiger partial charge on any atom is -0.469 e. The van der Waals surface area contributed by atoms with Gasteiger partial charge in [0.25, 0.3) is 0 Å². The average molecular weight is 311 g/mol. The molecule has 1 aromatic carbocycles. The molecule has 116 valence electrons. The first-order valence-electron chi connectivity index (χ1n) is 6.92. The number of benzene rings is 1. The number of hydrogen-bond donors (Lipinski definition) is 0. The molecule has 0 bridgehead atoms. The fraction of sp³-hybridized carbons (Fsp3) is 0.533. The molecule has 0 aromatic heterocycles. The second kappa shape index (κ2) is 5.77. The number of methoxy groups -OCH3 is 1. The minimum absolute atomic E-state index is 0.0441. The monoisotopic (exact) mass is 311 g/mol. The van der Waals surface area contributed by atoms with Crippen LogP contribution in [0.25, 0.3) is 0 Å². The molecule has 0 aliphatic carbocycles. The van der Waals surface area contributed by atoms with Gasteiger partial charge in [-0.2, -0.15) is 4.31 Å². The van der Waals surface area contributed by atoms with E-state index in [4.69, 9.17) is 4.74 Å². The molecule has 2 atom stereocenters. The number of ether oxygens (including phenoxy) is 1. The summed E-state index contributed by atoms with van der Waals surface area (Å²) in [6, 6.07) is 5.37. The Morgan fingerprint density at radius 2 is 1.95 bits per heavy atom. The zero-order valence-corrected chi connectivity index (χ0v) is 13.6. The first-order valence-corrected chi connectivity index (χ1v) is 8.36. The topological polar surface area (TPSA) is 63.7 Å². The molecule has 1 saturated heterocycles. The lowest BCUT2D eigenvalue weighted by Crippen LogP contribution is -2.30. The number of nitrogens with zero attached hydrogens (tertiary/aromatic N) is 1. The minimum atomic E-state index is -3.57. The average Bonchev–Trinajstić information content (AvgIpc) is 2.83. The Kier molecular flexibility index (Phi) is 4.39. The summed E-state index contributed by atoms with van der Waals surface area (Å²) in [6.45, 7) is 6.05. The molecule has 1 heterocycles. The van der Waals surface area contributed by atoms with Crippen molar-refractivity contribution in [2.75, 3.05) is 20.2 Å². The Bertz CT molecular complexity index is 654. The molecule has 0 spiro atoms. The van der Waals surface area contributed by atoms with Crippen molar-refractivity contribution in [2.45, 2.75) is 25.7 Å². The van der Waals surface area contributed by atoms with Crippen molar-refractivity contribution in [3.8, 4) is 0 Å². The van der Waals surface area contributed by atoms with Crippen molar-refractivity contribution in [3.05, 3.63) is 29.3 Å². The van der Waals surface area contributed by atoms with E-state index in [0.717, 1.165) is 11.1 Å². The van der Waals surface area contributed by atoms with Crippen LogP contribution in [0.4, 0.5) is 0 Å². The number of carbonyl (C=O) groups excluding carboxylic acids is 1. The van der Waals surface area contributed by atoms with E-state index in [9.17, 15) is 13.2 Å². The molecule has 0 radical (unpaired) electrons. The van der Waals surface area contributed by atoms with Crippen LogP contribution in [0.3, 0.4) is 0 Å². The molecular formula is C15H21NO4S. The highest BCUT2D eigenvalue weighted by Gasteiger charge is 2.41. The van der Waals surface area contributed by atoms with E-state index in [-0.39, 0.29) is 18.4 Å². The van der Waals surface area contributed by atoms with Gasteiger partial charge in [-0.1, -0.05) is 19.1 Å². The first-order chi connectivity index (χ1) is 9.77. The number of rotatable bonds is 3. The molecule has 1 aliphatic rings. The van der Waals surface area contributed by atoms with E-state index in [1.54, 1.807) is 19.1 Å². The van der Waals surface area contributed by atoms with Crippen LogP contribution in [-0.4, -0.2) is 38.9 Å². The van der Waals surface area contributed by atoms with Crippen LogP contribution in [0, 0.1) is 25.7 Å². The van der Waals surface area contributed by atoms with Crippen molar-refractivity contribution < 1.29 is 17.9 Å². The largest absolute Gasteiger partial charge is 0.469 e. The van der Waals surface area contributed by atoms with Gasteiger partial charge in [0.15, 0.2) is 0 Å². The lowest BCUT2D eigenvalue weighted by atomic mass is 9.99. The molecule has 5 nitrogen and oxygen atoms in total. The predicted octanol–water partition coefficient (Wildman–Crippen LogP) is 1.73. The van der Waals surface area contributed by atoms with Crippen LogP contribution in [0.1, 0.15) is 18.1 Å².